The van der Waals surface area contributed by atoms with E-state index in [0.717, 1.165) is 25.9 Å². The fourth-order valence-electron chi connectivity index (χ4n) is 3.67. The maximum atomic E-state index is 12.4. The van der Waals surface area contributed by atoms with Gasteiger partial charge in [-0.3, -0.25) is 9.69 Å². The summed E-state index contributed by atoms with van der Waals surface area (Å²) in [6, 6.07) is 8.45. The van der Waals surface area contributed by atoms with Crippen molar-refractivity contribution in [3.8, 4) is 0 Å². The summed E-state index contributed by atoms with van der Waals surface area (Å²) in [5, 5.41) is 4.44. The second-order valence-electron chi connectivity index (χ2n) is 8.02. The Morgan fingerprint density at radius 1 is 1.25 bits per heavy atom. The van der Waals surface area contributed by atoms with Crippen LogP contribution in [0.25, 0.3) is 10.9 Å². The molecule has 1 aliphatic rings. The minimum atomic E-state index is -0.173. The predicted molar refractivity (Wildman–Crippen MR) is 99.2 cm³/mol. The summed E-state index contributed by atoms with van der Waals surface area (Å²) in [4.78, 5) is 18.1. The van der Waals surface area contributed by atoms with Crippen LogP contribution in [0.1, 0.15) is 52.0 Å². The standard InChI is InChI=1S/C20H29N3O/c1-14(19(24)22-20(2,3)4)23-11-9-15(10-12-23)17-13-21-18-8-6-5-7-16(17)18/h5-8,13-15,21H,9-12H2,1-4H3,(H,22,24). The van der Waals surface area contributed by atoms with Gasteiger partial charge < -0.3 is 10.3 Å². The van der Waals surface area contributed by atoms with Crippen LogP contribution in [0.5, 0.6) is 0 Å². The molecular formula is C20H29N3O. The lowest BCUT2D eigenvalue weighted by Crippen LogP contribution is -2.52. The molecule has 1 fully saturated rings. The van der Waals surface area contributed by atoms with Crippen LogP contribution < -0.4 is 5.32 Å². The molecule has 1 atom stereocenters. The number of aromatic amines is 1. The number of hydrogen-bond donors (Lipinski definition) is 2. The highest BCUT2D eigenvalue weighted by Crippen LogP contribution is 2.33. The third-order valence-electron chi connectivity index (χ3n) is 5.02. The summed E-state index contributed by atoms with van der Waals surface area (Å²) in [5.41, 5.74) is 2.47. The van der Waals surface area contributed by atoms with Crippen molar-refractivity contribution >= 4 is 16.8 Å². The van der Waals surface area contributed by atoms with Crippen LogP contribution in [0.3, 0.4) is 0 Å². The highest BCUT2D eigenvalue weighted by Gasteiger charge is 2.29. The zero-order valence-electron chi connectivity index (χ0n) is 15.2. The third-order valence-corrected chi connectivity index (χ3v) is 5.02. The average Bonchev–Trinajstić information content (AvgIpc) is 2.97. The van der Waals surface area contributed by atoms with Gasteiger partial charge in [-0.1, -0.05) is 18.2 Å². The van der Waals surface area contributed by atoms with Crippen molar-refractivity contribution in [1.29, 1.82) is 0 Å². The molecule has 1 unspecified atom stereocenters. The molecule has 1 aromatic carbocycles. The summed E-state index contributed by atoms with van der Waals surface area (Å²) < 4.78 is 0. The van der Waals surface area contributed by atoms with E-state index in [0.29, 0.717) is 5.92 Å². The summed E-state index contributed by atoms with van der Waals surface area (Å²) in [6.45, 7) is 10.1. The van der Waals surface area contributed by atoms with Crippen molar-refractivity contribution in [2.45, 2.75) is 58.0 Å². The van der Waals surface area contributed by atoms with Gasteiger partial charge in [-0.15, -0.1) is 0 Å². The van der Waals surface area contributed by atoms with Crippen LogP contribution in [-0.4, -0.2) is 40.5 Å². The number of benzene rings is 1. The lowest BCUT2D eigenvalue weighted by Gasteiger charge is -2.36. The largest absolute Gasteiger partial charge is 0.361 e. The number of amides is 1. The summed E-state index contributed by atoms with van der Waals surface area (Å²) in [6.07, 6.45) is 4.38. The maximum Gasteiger partial charge on any atom is 0.237 e. The molecule has 2 N–H and O–H groups in total. The van der Waals surface area contributed by atoms with E-state index in [-0.39, 0.29) is 17.5 Å². The fraction of sp³-hybridized carbons (Fsp3) is 0.550. The number of aromatic nitrogens is 1. The molecule has 0 spiro atoms. The lowest BCUT2D eigenvalue weighted by atomic mass is 9.88. The first-order valence-electron chi connectivity index (χ1n) is 8.97. The first-order chi connectivity index (χ1) is 11.3. The number of H-pyrrole nitrogens is 1. The van der Waals surface area contributed by atoms with Crippen molar-refractivity contribution in [3.05, 3.63) is 36.0 Å². The first-order valence-corrected chi connectivity index (χ1v) is 8.97. The molecule has 1 aliphatic heterocycles. The quantitative estimate of drug-likeness (QED) is 0.904. The Morgan fingerprint density at radius 2 is 1.92 bits per heavy atom. The number of fused-ring (bicyclic) bond motifs is 1. The van der Waals surface area contributed by atoms with Crippen LogP contribution in [0.15, 0.2) is 30.5 Å². The Balaban J connectivity index is 1.62. The molecule has 1 aromatic heterocycles. The molecule has 2 heterocycles. The molecule has 0 saturated carbocycles. The normalized spacial score (nSPS) is 18.7. The molecule has 0 aliphatic carbocycles. The van der Waals surface area contributed by atoms with Crippen LogP contribution in [0.2, 0.25) is 0 Å². The summed E-state index contributed by atoms with van der Waals surface area (Å²) in [5.74, 6) is 0.711. The van der Waals surface area contributed by atoms with Gasteiger partial charge in [-0.05, 0) is 71.2 Å². The summed E-state index contributed by atoms with van der Waals surface area (Å²) in [7, 11) is 0. The van der Waals surface area contributed by atoms with Gasteiger partial charge in [0.05, 0.1) is 6.04 Å². The number of carbonyl (C=O) groups excluding carboxylic acids is 1. The van der Waals surface area contributed by atoms with Crippen molar-refractivity contribution in [3.63, 3.8) is 0 Å². The van der Waals surface area contributed by atoms with Crippen LogP contribution in [-0.2, 0) is 4.79 Å². The molecule has 2 aromatic rings. The Kier molecular flexibility index (Phi) is 4.68. The minimum Gasteiger partial charge on any atom is -0.361 e. The van der Waals surface area contributed by atoms with Gasteiger partial charge in [0.25, 0.3) is 0 Å². The highest BCUT2D eigenvalue weighted by molar-refractivity contribution is 5.84. The average molecular weight is 327 g/mol. The number of para-hydroxylation sites is 1. The summed E-state index contributed by atoms with van der Waals surface area (Å²) >= 11 is 0. The second-order valence-corrected chi connectivity index (χ2v) is 8.02. The zero-order valence-corrected chi connectivity index (χ0v) is 15.2. The molecule has 1 amide bonds. The molecule has 3 rings (SSSR count). The lowest BCUT2D eigenvalue weighted by molar-refractivity contribution is -0.127. The van der Waals surface area contributed by atoms with E-state index in [1.54, 1.807) is 0 Å². The topological polar surface area (TPSA) is 48.1 Å². The van der Waals surface area contributed by atoms with Gasteiger partial charge >= 0.3 is 0 Å². The van der Waals surface area contributed by atoms with Crippen molar-refractivity contribution in [2.24, 2.45) is 0 Å². The number of carbonyl (C=O) groups is 1. The molecule has 4 heteroatoms. The minimum absolute atomic E-state index is 0.0619. The maximum absolute atomic E-state index is 12.4. The monoisotopic (exact) mass is 327 g/mol. The van der Waals surface area contributed by atoms with Gasteiger partial charge in [-0.2, -0.15) is 0 Å². The van der Waals surface area contributed by atoms with Gasteiger partial charge in [0.2, 0.25) is 5.91 Å². The van der Waals surface area contributed by atoms with E-state index in [4.69, 9.17) is 0 Å². The van der Waals surface area contributed by atoms with Gasteiger partial charge in [0, 0.05) is 22.6 Å². The molecule has 0 radical (unpaired) electrons. The third kappa shape index (κ3) is 3.64. The number of hydrogen-bond acceptors (Lipinski definition) is 2. The fourth-order valence-corrected chi connectivity index (χ4v) is 3.67. The van der Waals surface area contributed by atoms with Gasteiger partial charge in [0.1, 0.15) is 0 Å². The van der Waals surface area contributed by atoms with Crippen molar-refractivity contribution in [2.75, 3.05) is 13.1 Å². The predicted octanol–water partition coefficient (Wildman–Crippen LogP) is 3.65. The van der Waals surface area contributed by atoms with E-state index in [1.165, 1.54) is 16.5 Å². The Hall–Kier alpha value is -1.81. The molecule has 24 heavy (non-hydrogen) atoms. The van der Waals surface area contributed by atoms with Gasteiger partial charge in [0.15, 0.2) is 0 Å². The second kappa shape index (κ2) is 6.60. The van der Waals surface area contributed by atoms with Crippen LogP contribution >= 0.6 is 0 Å². The number of piperidine rings is 1. The van der Waals surface area contributed by atoms with E-state index in [9.17, 15) is 4.79 Å². The first kappa shape index (κ1) is 17.0. The number of nitrogens with one attached hydrogen (secondary N) is 2. The zero-order chi connectivity index (χ0) is 17.3. The SMILES string of the molecule is CC(C(=O)NC(C)(C)C)N1CCC(c2c[nH]c3ccccc23)CC1. The van der Waals surface area contributed by atoms with Crippen LogP contribution in [0.4, 0.5) is 0 Å². The molecule has 130 valence electrons. The number of likely N-dealkylation sites (tertiary alicyclic amines) is 1. The number of rotatable bonds is 3. The van der Waals surface area contributed by atoms with Crippen molar-refractivity contribution < 1.29 is 4.79 Å². The highest BCUT2D eigenvalue weighted by atomic mass is 16.2. The Labute approximate surface area is 144 Å². The van der Waals surface area contributed by atoms with E-state index in [2.05, 4.69) is 45.7 Å². The number of nitrogens with zero attached hydrogens (tertiary/aromatic N) is 1. The molecule has 0 bridgehead atoms. The molecular weight excluding hydrogens is 298 g/mol. The Bertz CT molecular complexity index is 705. The molecule has 1 saturated heterocycles. The van der Waals surface area contributed by atoms with Gasteiger partial charge in [-0.25, -0.2) is 0 Å². The van der Waals surface area contributed by atoms with E-state index < -0.39 is 0 Å². The molecule has 4 nitrogen and oxygen atoms in total. The Morgan fingerprint density at radius 3 is 2.58 bits per heavy atom. The smallest absolute Gasteiger partial charge is 0.237 e. The van der Waals surface area contributed by atoms with E-state index >= 15 is 0 Å². The van der Waals surface area contributed by atoms with Crippen LogP contribution in [0, 0.1) is 0 Å². The van der Waals surface area contributed by atoms with E-state index in [1.807, 2.05) is 27.7 Å². The van der Waals surface area contributed by atoms with Crippen molar-refractivity contribution in [1.82, 2.24) is 15.2 Å².